The van der Waals surface area contributed by atoms with Crippen molar-refractivity contribution in [2.75, 3.05) is 65.6 Å². The maximum atomic E-state index is 13.1. The second-order valence-corrected chi connectivity index (χ2v) is 7.99. The van der Waals surface area contributed by atoms with Crippen molar-refractivity contribution >= 4 is 5.97 Å². The first kappa shape index (κ1) is 24.2. The van der Waals surface area contributed by atoms with Gasteiger partial charge in [0.25, 0.3) is 0 Å². The molecule has 0 saturated carbocycles. The third-order valence-electron chi connectivity index (χ3n) is 5.59. The Morgan fingerprint density at radius 3 is 2.34 bits per heavy atom. The van der Waals surface area contributed by atoms with Crippen LogP contribution >= 0.6 is 0 Å². The highest BCUT2D eigenvalue weighted by atomic mass is 19.1. The monoisotopic (exact) mass is 443 g/mol. The number of ether oxygens (including phenoxy) is 2. The highest BCUT2D eigenvalue weighted by Crippen LogP contribution is 2.12. The SMILES string of the molecule is CCOC(=O)CN1CCN(CCN(CCOc2ccc(F)cc2)Cc2ccccc2)CC1. The van der Waals surface area contributed by atoms with Gasteiger partial charge in [-0.2, -0.15) is 0 Å². The fourth-order valence-corrected chi connectivity index (χ4v) is 3.78. The molecule has 1 fully saturated rings. The summed E-state index contributed by atoms with van der Waals surface area (Å²) in [5.74, 6) is 0.283. The standard InChI is InChI=1S/C25H34FN3O3/c1-2-31-25(30)21-28-15-12-27(13-16-28)14-17-29(20-22-6-4-3-5-7-22)18-19-32-24-10-8-23(26)9-11-24/h3-11H,2,12-21H2,1H3. The molecule has 1 aliphatic heterocycles. The lowest BCUT2D eigenvalue weighted by Gasteiger charge is -2.35. The van der Waals surface area contributed by atoms with Crippen LogP contribution in [0.1, 0.15) is 12.5 Å². The van der Waals surface area contributed by atoms with Gasteiger partial charge in [0.2, 0.25) is 0 Å². The highest BCUT2D eigenvalue weighted by Gasteiger charge is 2.20. The van der Waals surface area contributed by atoms with Gasteiger partial charge in [-0.05, 0) is 36.8 Å². The molecule has 1 heterocycles. The van der Waals surface area contributed by atoms with Gasteiger partial charge >= 0.3 is 5.97 Å². The number of carbonyl (C=O) groups excluding carboxylic acids is 1. The van der Waals surface area contributed by atoms with E-state index in [1.807, 2.05) is 13.0 Å². The molecular formula is C25H34FN3O3. The van der Waals surface area contributed by atoms with Crippen LogP contribution in [-0.4, -0.2) is 86.2 Å². The molecule has 2 aromatic carbocycles. The molecule has 0 amide bonds. The third kappa shape index (κ3) is 8.57. The molecule has 0 N–H and O–H groups in total. The van der Waals surface area contributed by atoms with Gasteiger partial charge in [0.05, 0.1) is 13.2 Å². The van der Waals surface area contributed by atoms with E-state index in [0.29, 0.717) is 25.5 Å². The Morgan fingerprint density at radius 2 is 1.66 bits per heavy atom. The molecule has 0 atom stereocenters. The zero-order valence-corrected chi connectivity index (χ0v) is 18.9. The summed E-state index contributed by atoms with van der Waals surface area (Å²) >= 11 is 0. The summed E-state index contributed by atoms with van der Waals surface area (Å²) < 4.78 is 24.0. The summed E-state index contributed by atoms with van der Waals surface area (Å²) in [4.78, 5) is 18.7. The molecule has 6 nitrogen and oxygen atoms in total. The molecular weight excluding hydrogens is 409 g/mol. The summed E-state index contributed by atoms with van der Waals surface area (Å²) in [7, 11) is 0. The van der Waals surface area contributed by atoms with Crippen molar-refractivity contribution < 1.29 is 18.7 Å². The molecule has 0 spiro atoms. The fourth-order valence-electron chi connectivity index (χ4n) is 3.78. The second-order valence-electron chi connectivity index (χ2n) is 7.99. The van der Waals surface area contributed by atoms with Crippen molar-refractivity contribution in [1.82, 2.24) is 14.7 Å². The normalized spacial score (nSPS) is 15.1. The molecule has 174 valence electrons. The zero-order valence-electron chi connectivity index (χ0n) is 18.9. The van der Waals surface area contributed by atoms with Crippen LogP contribution in [0.5, 0.6) is 5.75 Å². The molecule has 1 aliphatic rings. The number of benzene rings is 2. The number of hydrogen-bond donors (Lipinski definition) is 0. The van der Waals surface area contributed by atoms with E-state index in [4.69, 9.17) is 9.47 Å². The maximum absolute atomic E-state index is 13.1. The Morgan fingerprint density at radius 1 is 0.969 bits per heavy atom. The van der Waals surface area contributed by atoms with Crippen LogP contribution in [0.15, 0.2) is 54.6 Å². The minimum atomic E-state index is -0.259. The summed E-state index contributed by atoms with van der Waals surface area (Å²) in [6.45, 7) is 10.4. The number of piperazine rings is 1. The lowest BCUT2D eigenvalue weighted by Crippen LogP contribution is -2.49. The summed E-state index contributed by atoms with van der Waals surface area (Å²) in [6, 6.07) is 16.6. The average molecular weight is 444 g/mol. The zero-order chi connectivity index (χ0) is 22.6. The molecule has 7 heteroatoms. The first-order valence-electron chi connectivity index (χ1n) is 11.4. The molecule has 0 aliphatic carbocycles. The van der Waals surface area contributed by atoms with Gasteiger partial charge in [0, 0.05) is 52.4 Å². The number of halogens is 1. The quantitative estimate of drug-likeness (QED) is 0.470. The van der Waals surface area contributed by atoms with Crippen LogP contribution in [0.2, 0.25) is 0 Å². The molecule has 3 rings (SSSR count). The van der Waals surface area contributed by atoms with Crippen molar-refractivity contribution in [3.8, 4) is 5.75 Å². The molecule has 0 radical (unpaired) electrons. The number of esters is 1. The lowest BCUT2D eigenvalue weighted by molar-refractivity contribution is -0.144. The number of hydrogen-bond acceptors (Lipinski definition) is 6. The van der Waals surface area contributed by atoms with Crippen LogP contribution in [0, 0.1) is 5.82 Å². The smallest absolute Gasteiger partial charge is 0.320 e. The van der Waals surface area contributed by atoms with E-state index in [0.717, 1.165) is 52.4 Å². The summed E-state index contributed by atoms with van der Waals surface area (Å²) in [5.41, 5.74) is 1.27. The van der Waals surface area contributed by atoms with Crippen molar-refractivity contribution in [3.05, 3.63) is 66.0 Å². The van der Waals surface area contributed by atoms with E-state index in [1.165, 1.54) is 17.7 Å². The van der Waals surface area contributed by atoms with Crippen LogP contribution in [-0.2, 0) is 16.1 Å². The van der Waals surface area contributed by atoms with Gasteiger partial charge in [0.15, 0.2) is 0 Å². The molecule has 0 bridgehead atoms. The van der Waals surface area contributed by atoms with Crippen molar-refractivity contribution in [3.63, 3.8) is 0 Å². The summed E-state index contributed by atoms with van der Waals surface area (Å²) in [5, 5.41) is 0. The van der Waals surface area contributed by atoms with Crippen LogP contribution in [0.4, 0.5) is 4.39 Å². The maximum Gasteiger partial charge on any atom is 0.320 e. The number of rotatable bonds is 12. The first-order valence-corrected chi connectivity index (χ1v) is 11.4. The Kier molecular flexibility index (Phi) is 9.94. The van der Waals surface area contributed by atoms with E-state index < -0.39 is 0 Å². The van der Waals surface area contributed by atoms with E-state index in [-0.39, 0.29) is 11.8 Å². The van der Waals surface area contributed by atoms with E-state index in [2.05, 4.69) is 39.0 Å². The minimum absolute atomic E-state index is 0.142. The van der Waals surface area contributed by atoms with Gasteiger partial charge in [-0.25, -0.2) is 4.39 Å². The second kappa shape index (κ2) is 13.2. The lowest BCUT2D eigenvalue weighted by atomic mass is 10.2. The minimum Gasteiger partial charge on any atom is -0.492 e. The van der Waals surface area contributed by atoms with Crippen molar-refractivity contribution in [2.24, 2.45) is 0 Å². The Labute approximate surface area is 190 Å². The van der Waals surface area contributed by atoms with Crippen LogP contribution < -0.4 is 4.74 Å². The van der Waals surface area contributed by atoms with Crippen molar-refractivity contribution in [2.45, 2.75) is 13.5 Å². The fraction of sp³-hybridized carbons (Fsp3) is 0.480. The van der Waals surface area contributed by atoms with Gasteiger partial charge in [-0.1, -0.05) is 30.3 Å². The Balaban J connectivity index is 1.44. The number of carbonyl (C=O) groups is 1. The third-order valence-corrected chi connectivity index (χ3v) is 5.59. The molecule has 2 aromatic rings. The van der Waals surface area contributed by atoms with Crippen molar-refractivity contribution in [1.29, 1.82) is 0 Å². The van der Waals surface area contributed by atoms with E-state index in [9.17, 15) is 9.18 Å². The predicted octanol–water partition coefficient (Wildman–Crippen LogP) is 2.89. The van der Waals surface area contributed by atoms with Gasteiger partial charge in [0.1, 0.15) is 18.2 Å². The first-order chi connectivity index (χ1) is 15.6. The van der Waals surface area contributed by atoms with E-state index in [1.54, 1.807) is 12.1 Å². The van der Waals surface area contributed by atoms with Gasteiger partial charge < -0.3 is 9.47 Å². The van der Waals surface area contributed by atoms with Crippen LogP contribution in [0.3, 0.4) is 0 Å². The average Bonchev–Trinajstić information content (AvgIpc) is 2.80. The summed E-state index contributed by atoms with van der Waals surface area (Å²) in [6.07, 6.45) is 0. The van der Waals surface area contributed by atoms with E-state index >= 15 is 0 Å². The number of nitrogens with zero attached hydrogens (tertiary/aromatic N) is 3. The predicted molar refractivity (Wildman–Crippen MR) is 123 cm³/mol. The van der Waals surface area contributed by atoms with Gasteiger partial charge in [-0.3, -0.25) is 19.5 Å². The molecule has 1 saturated heterocycles. The molecule has 32 heavy (non-hydrogen) atoms. The molecule has 0 unspecified atom stereocenters. The molecule has 0 aromatic heterocycles. The highest BCUT2D eigenvalue weighted by molar-refractivity contribution is 5.71. The topological polar surface area (TPSA) is 45.2 Å². The van der Waals surface area contributed by atoms with Crippen LogP contribution in [0.25, 0.3) is 0 Å². The Bertz CT molecular complexity index is 796. The largest absolute Gasteiger partial charge is 0.492 e. The Hall–Kier alpha value is -2.48. The van der Waals surface area contributed by atoms with Gasteiger partial charge in [-0.15, -0.1) is 0 Å².